The number of rotatable bonds is 4. The third kappa shape index (κ3) is 5.17. The van der Waals surface area contributed by atoms with E-state index < -0.39 is 35.0 Å². The molecular weight excluding hydrogens is 419 g/mol. The number of likely N-dealkylation sites (tertiary alicyclic amines) is 1. The molecule has 3 rings (SSSR count). The molecule has 1 atom stereocenters. The fourth-order valence-electron chi connectivity index (χ4n) is 3.80. The number of nitrogens with zero attached hydrogens (tertiary/aromatic N) is 2. The lowest BCUT2D eigenvalue weighted by molar-refractivity contribution is -0.139. The van der Waals surface area contributed by atoms with Crippen molar-refractivity contribution in [3.8, 4) is 0 Å². The first kappa shape index (κ1) is 23.5. The van der Waals surface area contributed by atoms with Gasteiger partial charge in [-0.25, -0.2) is 14.0 Å². The Balaban J connectivity index is 1.55. The molecule has 2 aliphatic heterocycles. The van der Waals surface area contributed by atoms with E-state index in [-0.39, 0.29) is 18.5 Å². The van der Waals surface area contributed by atoms with E-state index in [1.807, 2.05) is 0 Å². The normalized spacial score (nSPS) is 22.0. The number of alkyl carbamates (subject to hydrolysis) is 1. The van der Waals surface area contributed by atoms with E-state index in [0.29, 0.717) is 31.5 Å². The molecule has 5 amide bonds. The van der Waals surface area contributed by atoms with Crippen molar-refractivity contribution in [2.75, 3.05) is 19.6 Å². The number of hydrogen-bond acceptors (Lipinski definition) is 5. The third-order valence-electron chi connectivity index (χ3n) is 5.56. The van der Waals surface area contributed by atoms with Gasteiger partial charge in [-0.2, -0.15) is 0 Å². The molecule has 2 fully saturated rings. The molecule has 32 heavy (non-hydrogen) atoms. The summed E-state index contributed by atoms with van der Waals surface area (Å²) in [6.07, 6.45) is 0.582. The lowest BCUT2D eigenvalue weighted by Crippen LogP contribution is -2.50. The van der Waals surface area contributed by atoms with Crippen LogP contribution in [-0.2, 0) is 19.9 Å². The predicted octanol–water partition coefficient (Wildman–Crippen LogP) is 2.11. The Morgan fingerprint density at radius 1 is 1.19 bits per heavy atom. The van der Waals surface area contributed by atoms with Gasteiger partial charge in [0.15, 0.2) is 0 Å². The number of amides is 5. The van der Waals surface area contributed by atoms with Crippen LogP contribution in [0, 0.1) is 5.82 Å². The summed E-state index contributed by atoms with van der Waals surface area (Å²) in [4.78, 5) is 52.5. The summed E-state index contributed by atoms with van der Waals surface area (Å²) in [5, 5.41) is 5.40. The molecular formula is C22H29FN4O5. The fraction of sp³-hybridized carbons (Fsp3) is 0.545. The maximum Gasteiger partial charge on any atom is 0.407 e. The van der Waals surface area contributed by atoms with Gasteiger partial charge in [-0.3, -0.25) is 14.5 Å². The average Bonchev–Trinajstić information content (AvgIpc) is 2.91. The molecule has 2 saturated heterocycles. The molecule has 0 saturated carbocycles. The highest BCUT2D eigenvalue weighted by Gasteiger charge is 2.49. The van der Waals surface area contributed by atoms with Crippen LogP contribution in [-0.4, -0.2) is 65.0 Å². The second-order valence-electron chi connectivity index (χ2n) is 9.25. The summed E-state index contributed by atoms with van der Waals surface area (Å²) in [6, 6.07) is 4.50. The van der Waals surface area contributed by atoms with Gasteiger partial charge in [0.25, 0.3) is 5.91 Å². The van der Waals surface area contributed by atoms with Gasteiger partial charge in [-0.15, -0.1) is 0 Å². The highest BCUT2D eigenvalue weighted by molar-refractivity contribution is 6.09. The van der Waals surface area contributed by atoms with E-state index in [0.717, 1.165) is 4.90 Å². The molecule has 2 aliphatic rings. The zero-order valence-corrected chi connectivity index (χ0v) is 18.7. The topological polar surface area (TPSA) is 108 Å². The number of urea groups is 1. The maximum atomic E-state index is 13.2. The second kappa shape index (κ2) is 8.76. The van der Waals surface area contributed by atoms with Crippen LogP contribution < -0.4 is 10.6 Å². The molecule has 0 aromatic heterocycles. The van der Waals surface area contributed by atoms with Crippen molar-refractivity contribution in [3.05, 3.63) is 35.6 Å². The minimum absolute atomic E-state index is 0.118. The van der Waals surface area contributed by atoms with Gasteiger partial charge in [0, 0.05) is 19.1 Å². The molecule has 2 heterocycles. The molecule has 9 nitrogen and oxygen atoms in total. The summed E-state index contributed by atoms with van der Waals surface area (Å²) in [6.45, 7) is 7.26. The van der Waals surface area contributed by atoms with Crippen LogP contribution >= 0.6 is 0 Å². The summed E-state index contributed by atoms with van der Waals surface area (Å²) in [5.41, 5.74) is -1.53. The molecule has 0 unspecified atom stereocenters. The number of halogens is 1. The quantitative estimate of drug-likeness (QED) is 0.686. The molecule has 0 spiro atoms. The number of piperidine rings is 1. The van der Waals surface area contributed by atoms with Crippen molar-refractivity contribution < 1.29 is 28.3 Å². The average molecular weight is 448 g/mol. The van der Waals surface area contributed by atoms with Crippen LogP contribution in [0.15, 0.2) is 24.3 Å². The Bertz CT molecular complexity index is 906. The molecule has 0 radical (unpaired) electrons. The highest BCUT2D eigenvalue weighted by atomic mass is 19.1. The molecule has 1 aromatic rings. The smallest absolute Gasteiger partial charge is 0.407 e. The monoisotopic (exact) mass is 448 g/mol. The number of hydrogen-bond donors (Lipinski definition) is 2. The Hall–Kier alpha value is -3.17. The predicted molar refractivity (Wildman–Crippen MR) is 113 cm³/mol. The van der Waals surface area contributed by atoms with Crippen LogP contribution in [0.3, 0.4) is 0 Å². The zero-order valence-electron chi connectivity index (χ0n) is 18.7. The van der Waals surface area contributed by atoms with Crippen LogP contribution in [0.1, 0.15) is 46.1 Å². The first-order valence-corrected chi connectivity index (χ1v) is 10.6. The van der Waals surface area contributed by atoms with Gasteiger partial charge < -0.3 is 20.3 Å². The van der Waals surface area contributed by atoms with Crippen molar-refractivity contribution >= 4 is 23.9 Å². The second-order valence-corrected chi connectivity index (χ2v) is 9.25. The molecule has 10 heteroatoms. The van der Waals surface area contributed by atoms with Gasteiger partial charge >= 0.3 is 12.1 Å². The number of ether oxygens (including phenoxy) is 1. The number of carbonyl (C=O) groups excluding carboxylic acids is 4. The number of nitrogens with one attached hydrogen (secondary N) is 2. The first-order valence-electron chi connectivity index (χ1n) is 10.6. The summed E-state index contributed by atoms with van der Waals surface area (Å²) in [5.74, 6) is -1.37. The number of imide groups is 1. The fourth-order valence-corrected chi connectivity index (χ4v) is 3.80. The minimum Gasteiger partial charge on any atom is -0.444 e. The van der Waals surface area contributed by atoms with E-state index >= 15 is 0 Å². The van der Waals surface area contributed by atoms with E-state index in [4.69, 9.17) is 4.74 Å². The van der Waals surface area contributed by atoms with Crippen LogP contribution in [0.25, 0.3) is 0 Å². The Morgan fingerprint density at radius 2 is 1.78 bits per heavy atom. The van der Waals surface area contributed by atoms with Crippen LogP contribution in [0.4, 0.5) is 14.0 Å². The van der Waals surface area contributed by atoms with Crippen molar-refractivity contribution in [2.45, 2.75) is 57.7 Å². The number of carbonyl (C=O) groups is 4. The molecule has 174 valence electrons. The lowest BCUT2D eigenvalue weighted by Gasteiger charge is -2.33. The SMILES string of the molecule is CC(C)(C)OC(=O)NC1CCN(C(=O)CN2C(=O)N[C@@](C)(c3ccc(F)cc3)C2=O)CC1. The van der Waals surface area contributed by atoms with Gasteiger partial charge in [-0.1, -0.05) is 12.1 Å². The third-order valence-corrected chi connectivity index (χ3v) is 5.56. The van der Waals surface area contributed by atoms with E-state index in [2.05, 4.69) is 10.6 Å². The molecule has 1 aromatic carbocycles. The van der Waals surface area contributed by atoms with Gasteiger partial charge in [0.05, 0.1) is 0 Å². The van der Waals surface area contributed by atoms with Crippen molar-refractivity contribution in [1.29, 1.82) is 0 Å². The first-order chi connectivity index (χ1) is 14.9. The lowest BCUT2D eigenvalue weighted by atomic mass is 9.92. The summed E-state index contributed by atoms with van der Waals surface area (Å²) < 4.78 is 18.5. The van der Waals surface area contributed by atoms with E-state index in [9.17, 15) is 23.6 Å². The minimum atomic E-state index is -1.37. The largest absolute Gasteiger partial charge is 0.444 e. The van der Waals surface area contributed by atoms with Crippen molar-refractivity contribution in [1.82, 2.24) is 20.4 Å². The molecule has 0 bridgehead atoms. The van der Waals surface area contributed by atoms with Gasteiger partial charge in [-0.05, 0) is 58.2 Å². The standard InChI is InChI=1S/C22H29FN4O5/c1-21(2,3)32-20(31)24-16-9-11-26(12-10-16)17(28)13-27-18(29)22(4,25-19(27)30)14-5-7-15(23)8-6-14/h5-8,16H,9-13H2,1-4H3,(H,24,31)(H,25,30)/t22-/m0/s1. The Morgan fingerprint density at radius 3 is 2.34 bits per heavy atom. The Kier molecular flexibility index (Phi) is 6.43. The van der Waals surface area contributed by atoms with Crippen LogP contribution in [0.5, 0.6) is 0 Å². The van der Waals surface area contributed by atoms with Crippen molar-refractivity contribution in [2.24, 2.45) is 0 Å². The Labute approximate surface area is 186 Å². The zero-order chi connectivity index (χ0) is 23.7. The highest BCUT2D eigenvalue weighted by Crippen LogP contribution is 2.29. The van der Waals surface area contributed by atoms with Gasteiger partial charge in [0.2, 0.25) is 5.91 Å². The number of benzene rings is 1. The van der Waals surface area contributed by atoms with Gasteiger partial charge in [0.1, 0.15) is 23.5 Å². The molecule has 0 aliphatic carbocycles. The molecule has 2 N–H and O–H groups in total. The van der Waals surface area contributed by atoms with E-state index in [1.165, 1.54) is 31.2 Å². The summed E-state index contributed by atoms with van der Waals surface area (Å²) >= 11 is 0. The van der Waals surface area contributed by atoms with Crippen LogP contribution in [0.2, 0.25) is 0 Å². The van der Waals surface area contributed by atoms with Crippen molar-refractivity contribution in [3.63, 3.8) is 0 Å². The van der Waals surface area contributed by atoms with E-state index in [1.54, 1.807) is 25.7 Å². The maximum absolute atomic E-state index is 13.2. The summed E-state index contributed by atoms with van der Waals surface area (Å²) in [7, 11) is 0.